The summed E-state index contributed by atoms with van der Waals surface area (Å²) in [6.45, 7) is 2.70. The van der Waals surface area contributed by atoms with Crippen molar-refractivity contribution in [2.45, 2.75) is 19.9 Å². The lowest BCUT2D eigenvalue weighted by atomic mass is 10.5. The van der Waals surface area contributed by atoms with E-state index in [-0.39, 0.29) is 0 Å². The molecule has 0 aromatic carbocycles. The van der Waals surface area contributed by atoms with Gasteiger partial charge in [-0.1, -0.05) is 11.3 Å². The van der Waals surface area contributed by atoms with Crippen LogP contribution in [-0.4, -0.2) is 29.6 Å². The van der Waals surface area contributed by atoms with Crippen LogP contribution in [0.25, 0.3) is 15.7 Å². The van der Waals surface area contributed by atoms with Crippen LogP contribution in [0.1, 0.15) is 19.2 Å². The third-order valence-electron chi connectivity index (χ3n) is 2.39. The highest BCUT2D eigenvalue weighted by molar-refractivity contribution is 7.19. The van der Waals surface area contributed by atoms with Crippen molar-refractivity contribution >= 4 is 16.3 Å². The molecular weight excluding hydrogens is 262 g/mol. The van der Waals surface area contributed by atoms with Crippen molar-refractivity contribution < 1.29 is 8.78 Å². The van der Waals surface area contributed by atoms with Gasteiger partial charge in [-0.3, -0.25) is 4.68 Å². The molecule has 3 aromatic heterocycles. The zero-order valence-corrected chi connectivity index (χ0v) is 10.1. The minimum Gasteiger partial charge on any atom is -0.272 e. The van der Waals surface area contributed by atoms with Crippen molar-refractivity contribution in [1.29, 1.82) is 0 Å². The Bertz CT molecular complexity index is 684. The average Bonchev–Trinajstić information content (AvgIpc) is 3.02. The number of rotatable bonds is 3. The van der Waals surface area contributed by atoms with Crippen molar-refractivity contribution in [1.82, 2.24) is 29.6 Å². The third-order valence-corrected chi connectivity index (χ3v) is 3.32. The normalized spacial score (nSPS) is 11.8. The van der Waals surface area contributed by atoms with Gasteiger partial charge < -0.3 is 0 Å². The number of hydrogen-bond acceptors (Lipinski definition) is 5. The first-order valence-corrected chi connectivity index (χ1v) is 6.05. The van der Waals surface area contributed by atoms with E-state index in [1.54, 1.807) is 10.7 Å². The zero-order chi connectivity index (χ0) is 12.7. The van der Waals surface area contributed by atoms with Crippen LogP contribution in [0.5, 0.6) is 0 Å². The molecule has 0 aliphatic heterocycles. The van der Waals surface area contributed by atoms with Gasteiger partial charge in [0.15, 0.2) is 5.01 Å². The van der Waals surface area contributed by atoms with E-state index in [4.69, 9.17) is 0 Å². The van der Waals surface area contributed by atoms with Crippen LogP contribution in [0.4, 0.5) is 8.78 Å². The topological polar surface area (TPSA) is 60.9 Å². The highest BCUT2D eigenvalue weighted by Crippen LogP contribution is 2.26. The predicted molar refractivity (Wildman–Crippen MR) is 60.5 cm³/mol. The Labute approximate surface area is 104 Å². The minimum absolute atomic E-state index is 0.339. The molecule has 6 nitrogen and oxygen atoms in total. The highest BCUT2D eigenvalue weighted by atomic mass is 32.1. The molecule has 0 aliphatic rings. The first-order valence-electron chi connectivity index (χ1n) is 5.23. The second-order valence-corrected chi connectivity index (χ2v) is 4.47. The van der Waals surface area contributed by atoms with Crippen molar-refractivity contribution in [2.24, 2.45) is 0 Å². The number of hydrogen-bond donors (Lipinski definition) is 0. The van der Waals surface area contributed by atoms with Crippen LogP contribution in [0, 0.1) is 0 Å². The van der Waals surface area contributed by atoms with Gasteiger partial charge in [-0.25, -0.2) is 8.78 Å². The second kappa shape index (κ2) is 4.09. The summed E-state index contributed by atoms with van der Waals surface area (Å²) in [5.74, 6) is -0.442. The monoisotopic (exact) mass is 270 g/mol. The number of halogens is 2. The molecule has 0 N–H and O–H groups in total. The summed E-state index contributed by atoms with van der Waals surface area (Å²) in [6.07, 6.45) is -0.880. The summed E-state index contributed by atoms with van der Waals surface area (Å²) >= 11 is 1.18. The van der Waals surface area contributed by atoms with E-state index in [1.165, 1.54) is 11.3 Å². The summed E-state index contributed by atoms with van der Waals surface area (Å²) in [7, 11) is 0. The lowest BCUT2D eigenvalue weighted by Crippen LogP contribution is -1.97. The second-order valence-electron chi connectivity index (χ2n) is 3.52. The number of aromatic nitrogens is 6. The van der Waals surface area contributed by atoms with Gasteiger partial charge >= 0.3 is 0 Å². The van der Waals surface area contributed by atoms with Crippen LogP contribution in [0.2, 0.25) is 0 Å². The van der Waals surface area contributed by atoms with E-state index in [2.05, 4.69) is 20.4 Å². The van der Waals surface area contributed by atoms with Crippen molar-refractivity contribution in [2.75, 3.05) is 0 Å². The average molecular weight is 270 g/mol. The molecule has 3 heterocycles. The van der Waals surface area contributed by atoms with Gasteiger partial charge in [-0.15, -0.1) is 10.2 Å². The maximum absolute atomic E-state index is 12.6. The third kappa shape index (κ3) is 1.67. The number of alkyl halides is 2. The molecule has 18 heavy (non-hydrogen) atoms. The quantitative estimate of drug-likeness (QED) is 0.730. The Morgan fingerprint density at radius 3 is 2.83 bits per heavy atom. The van der Waals surface area contributed by atoms with Gasteiger partial charge in [0.05, 0.1) is 0 Å². The standard InChI is InChI=1S/C9H8F2N6S/c1-2-16-4-3-5(14-16)8-15-17-7(6(10)11)12-13-9(17)18-8/h3-4,6H,2H2,1H3. The van der Waals surface area contributed by atoms with Crippen molar-refractivity contribution in [3.63, 3.8) is 0 Å². The number of aryl methyl sites for hydroxylation is 1. The highest BCUT2D eigenvalue weighted by Gasteiger charge is 2.20. The van der Waals surface area contributed by atoms with Crippen LogP contribution in [-0.2, 0) is 6.54 Å². The molecular formula is C9H8F2N6S. The summed E-state index contributed by atoms with van der Waals surface area (Å²) in [4.78, 5) is 0.339. The Kier molecular flexibility index (Phi) is 2.54. The summed E-state index contributed by atoms with van der Waals surface area (Å²) in [5, 5.41) is 15.9. The van der Waals surface area contributed by atoms with E-state index < -0.39 is 12.2 Å². The van der Waals surface area contributed by atoms with Crippen molar-refractivity contribution in [3.8, 4) is 10.7 Å². The Balaban J connectivity index is 2.07. The molecule has 3 aromatic rings. The maximum atomic E-state index is 12.6. The van der Waals surface area contributed by atoms with Gasteiger partial charge in [0.2, 0.25) is 10.8 Å². The SMILES string of the molecule is CCn1ccc(-c2nn3c(C(F)F)nnc3s2)n1. The summed E-state index contributed by atoms with van der Waals surface area (Å²) in [5.41, 5.74) is 0.646. The van der Waals surface area contributed by atoms with Gasteiger partial charge in [0.25, 0.3) is 6.43 Å². The summed E-state index contributed by atoms with van der Waals surface area (Å²) < 4.78 is 28.1. The van der Waals surface area contributed by atoms with E-state index in [9.17, 15) is 8.78 Å². The smallest absolute Gasteiger partial charge is 0.272 e. The molecule has 0 spiro atoms. The molecule has 3 rings (SSSR count). The molecule has 9 heteroatoms. The number of fused-ring (bicyclic) bond motifs is 1. The van der Waals surface area contributed by atoms with E-state index in [0.29, 0.717) is 15.7 Å². The van der Waals surface area contributed by atoms with Gasteiger partial charge in [-0.2, -0.15) is 14.7 Å². The molecule has 0 unspecified atom stereocenters. The molecule has 0 amide bonds. The van der Waals surface area contributed by atoms with Gasteiger partial charge in [0.1, 0.15) is 5.69 Å². The van der Waals surface area contributed by atoms with E-state index in [0.717, 1.165) is 11.1 Å². The molecule has 0 atom stereocenters. The fourth-order valence-electron chi connectivity index (χ4n) is 1.52. The van der Waals surface area contributed by atoms with Crippen LogP contribution in [0.15, 0.2) is 12.3 Å². The zero-order valence-electron chi connectivity index (χ0n) is 9.29. The van der Waals surface area contributed by atoms with Crippen LogP contribution >= 0.6 is 11.3 Å². The Morgan fingerprint density at radius 1 is 1.33 bits per heavy atom. The fourth-order valence-corrected chi connectivity index (χ4v) is 2.33. The largest absolute Gasteiger partial charge is 0.299 e. The lowest BCUT2D eigenvalue weighted by Gasteiger charge is -1.92. The first-order chi connectivity index (χ1) is 8.69. The predicted octanol–water partition coefficient (Wildman–Crippen LogP) is 2.01. The number of nitrogens with zero attached hydrogens (tertiary/aromatic N) is 6. The van der Waals surface area contributed by atoms with Gasteiger partial charge in [-0.05, 0) is 13.0 Å². The Morgan fingerprint density at radius 2 is 2.17 bits per heavy atom. The molecule has 94 valence electrons. The molecule has 0 saturated carbocycles. The van der Waals surface area contributed by atoms with Crippen LogP contribution < -0.4 is 0 Å². The first kappa shape index (κ1) is 11.2. The van der Waals surface area contributed by atoms with Gasteiger partial charge in [0, 0.05) is 12.7 Å². The molecule has 0 saturated heterocycles. The van der Waals surface area contributed by atoms with Crippen molar-refractivity contribution in [3.05, 3.63) is 18.1 Å². The maximum Gasteiger partial charge on any atom is 0.299 e. The fraction of sp³-hybridized carbons (Fsp3) is 0.333. The van der Waals surface area contributed by atoms with E-state index in [1.807, 2.05) is 13.1 Å². The molecule has 0 aliphatic carbocycles. The molecule has 0 bridgehead atoms. The summed E-state index contributed by atoms with van der Waals surface area (Å²) in [6, 6.07) is 1.79. The molecule has 0 fully saturated rings. The van der Waals surface area contributed by atoms with Crippen LogP contribution in [0.3, 0.4) is 0 Å². The Hall–Kier alpha value is -1.90. The molecule has 0 radical (unpaired) electrons. The van der Waals surface area contributed by atoms with E-state index >= 15 is 0 Å². The lowest BCUT2D eigenvalue weighted by molar-refractivity contribution is 0.137. The minimum atomic E-state index is -2.69.